The highest BCUT2D eigenvalue weighted by Gasteiger charge is 2.31. The fraction of sp³-hybridized carbons (Fsp3) is 0.704. The van der Waals surface area contributed by atoms with E-state index in [0.29, 0.717) is 12.5 Å². The van der Waals surface area contributed by atoms with Gasteiger partial charge in [-0.25, -0.2) is 8.78 Å². The Morgan fingerprint density at radius 1 is 0.933 bits per heavy atom. The molecule has 0 atom stereocenters. The minimum Gasteiger partial charge on any atom is -0.373 e. The molecule has 2 aliphatic rings. The molecule has 1 aromatic rings. The molecule has 0 aliphatic heterocycles. The summed E-state index contributed by atoms with van der Waals surface area (Å²) in [5.41, 5.74) is 0.862. The van der Waals surface area contributed by atoms with E-state index >= 15 is 0 Å². The number of ether oxygens (including phenoxy) is 1. The Morgan fingerprint density at radius 2 is 1.53 bits per heavy atom. The van der Waals surface area contributed by atoms with Crippen LogP contribution in [0.2, 0.25) is 0 Å². The Kier molecular flexibility index (Phi) is 9.36. The monoisotopic (exact) mass is 418 g/mol. The minimum atomic E-state index is -0.474. The van der Waals surface area contributed by atoms with Gasteiger partial charge in [-0.3, -0.25) is 0 Å². The van der Waals surface area contributed by atoms with Gasteiger partial charge in [0.1, 0.15) is 11.6 Å². The molecule has 2 aliphatic carbocycles. The van der Waals surface area contributed by atoms with Crippen LogP contribution in [0.4, 0.5) is 8.78 Å². The second-order valence-corrected chi connectivity index (χ2v) is 9.66. The van der Waals surface area contributed by atoms with Crippen molar-refractivity contribution in [2.24, 2.45) is 17.8 Å². The minimum absolute atomic E-state index is 0.0324. The van der Waals surface area contributed by atoms with Crippen molar-refractivity contribution in [1.29, 1.82) is 0 Å². The summed E-state index contributed by atoms with van der Waals surface area (Å²) >= 11 is 0. The van der Waals surface area contributed by atoms with Gasteiger partial charge in [-0.15, -0.1) is 6.58 Å². The second-order valence-electron chi connectivity index (χ2n) is 9.66. The van der Waals surface area contributed by atoms with E-state index in [1.807, 2.05) is 0 Å². The summed E-state index contributed by atoms with van der Waals surface area (Å²) in [6, 6.07) is 3.09. The maximum atomic E-state index is 14.5. The van der Waals surface area contributed by atoms with Crippen LogP contribution >= 0.6 is 0 Å². The van der Waals surface area contributed by atoms with Crippen molar-refractivity contribution in [2.45, 2.75) is 96.5 Å². The fourth-order valence-electron chi connectivity index (χ4n) is 5.80. The number of unbranched alkanes of at least 4 members (excludes halogenated alkanes) is 2. The van der Waals surface area contributed by atoms with Gasteiger partial charge in [-0.05, 0) is 79.9 Å². The van der Waals surface area contributed by atoms with Gasteiger partial charge < -0.3 is 4.74 Å². The Bertz CT molecular complexity index is 632. The van der Waals surface area contributed by atoms with Crippen LogP contribution in [0.15, 0.2) is 24.8 Å². The topological polar surface area (TPSA) is 9.23 Å². The lowest BCUT2D eigenvalue weighted by molar-refractivity contribution is 0.142. The number of hydrogen-bond donors (Lipinski definition) is 0. The van der Waals surface area contributed by atoms with E-state index in [1.165, 1.54) is 64.2 Å². The molecule has 1 aromatic carbocycles. The quantitative estimate of drug-likeness (QED) is 0.274. The van der Waals surface area contributed by atoms with E-state index in [9.17, 15) is 8.78 Å². The molecule has 3 heteroatoms. The molecule has 0 amide bonds. The van der Waals surface area contributed by atoms with Crippen LogP contribution in [0.3, 0.4) is 0 Å². The third-order valence-corrected chi connectivity index (χ3v) is 7.66. The first-order valence-electron chi connectivity index (χ1n) is 12.3. The highest BCUT2D eigenvalue weighted by molar-refractivity contribution is 5.28. The van der Waals surface area contributed by atoms with Gasteiger partial charge in [-0.1, -0.05) is 51.5 Å². The van der Waals surface area contributed by atoms with Crippen LogP contribution in [0.25, 0.3) is 0 Å². The standard InChI is InChI=1S/C27H40F2O/c1-3-5-6-7-20-8-10-21(11-9-20)22-12-14-23(15-13-22)24-17-26(28)25(27(29)18-24)19-30-16-4-2/h4,17-18,20-23H,2-3,5-16,19H2,1H3. The molecule has 2 saturated carbocycles. The first kappa shape index (κ1) is 23.4. The van der Waals surface area contributed by atoms with Gasteiger partial charge >= 0.3 is 0 Å². The van der Waals surface area contributed by atoms with E-state index in [0.717, 1.165) is 36.2 Å². The van der Waals surface area contributed by atoms with Crippen molar-refractivity contribution < 1.29 is 13.5 Å². The summed E-state index contributed by atoms with van der Waals surface area (Å²) in [4.78, 5) is 0. The fourth-order valence-corrected chi connectivity index (χ4v) is 5.80. The van der Waals surface area contributed by atoms with Gasteiger partial charge in [0, 0.05) is 5.56 Å². The predicted molar refractivity (Wildman–Crippen MR) is 121 cm³/mol. The molecule has 0 radical (unpaired) electrons. The highest BCUT2D eigenvalue weighted by atomic mass is 19.1. The molecule has 1 nitrogen and oxygen atoms in total. The molecule has 168 valence electrons. The Balaban J connectivity index is 1.47. The average molecular weight is 419 g/mol. The number of halogens is 2. The molecule has 0 N–H and O–H groups in total. The SMILES string of the molecule is C=CCOCc1c(F)cc(C2CCC(C3CCC(CCCCC)CC3)CC2)cc1F. The second kappa shape index (κ2) is 12.0. The van der Waals surface area contributed by atoms with Crippen LogP contribution in [-0.2, 0) is 11.3 Å². The zero-order valence-electron chi connectivity index (χ0n) is 18.8. The van der Waals surface area contributed by atoms with Gasteiger partial charge in [0.05, 0.1) is 13.2 Å². The van der Waals surface area contributed by atoms with Crippen LogP contribution in [0, 0.1) is 29.4 Å². The summed E-state index contributed by atoms with van der Waals surface area (Å²) in [5.74, 6) is 2.00. The van der Waals surface area contributed by atoms with Crippen molar-refractivity contribution in [3.05, 3.63) is 47.5 Å². The van der Waals surface area contributed by atoms with Gasteiger partial charge in [0.25, 0.3) is 0 Å². The lowest BCUT2D eigenvalue weighted by atomic mass is 9.68. The van der Waals surface area contributed by atoms with E-state index < -0.39 is 11.6 Å². The lowest BCUT2D eigenvalue weighted by Gasteiger charge is -2.38. The Morgan fingerprint density at radius 3 is 2.10 bits per heavy atom. The van der Waals surface area contributed by atoms with E-state index in [1.54, 1.807) is 18.2 Å². The molecule has 0 heterocycles. The maximum absolute atomic E-state index is 14.5. The van der Waals surface area contributed by atoms with Crippen molar-refractivity contribution >= 4 is 0 Å². The molecule has 0 unspecified atom stereocenters. The smallest absolute Gasteiger partial charge is 0.131 e. The molecular formula is C27H40F2O. The van der Waals surface area contributed by atoms with Crippen LogP contribution in [-0.4, -0.2) is 6.61 Å². The van der Waals surface area contributed by atoms with Gasteiger partial charge in [0.15, 0.2) is 0 Å². The molecule has 0 aromatic heterocycles. The normalized spacial score (nSPS) is 27.2. The molecule has 3 rings (SSSR count). The molecule has 0 bridgehead atoms. The van der Waals surface area contributed by atoms with Crippen molar-refractivity contribution in [1.82, 2.24) is 0 Å². The molecule has 0 spiro atoms. The molecule has 2 fully saturated rings. The van der Waals surface area contributed by atoms with Crippen molar-refractivity contribution in [3.8, 4) is 0 Å². The average Bonchev–Trinajstić information content (AvgIpc) is 2.76. The zero-order chi connectivity index (χ0) is 21.3. The summed E-state index contributed by atoms with van der Waals surface area (Å²) in [6.07, 6.45) is 17.3. The third kappa shape index (κ3) is 6.39. The molecular weight excluding hydrogens is 378 g/mol. The van der Waals surface area contributed by atoms with Crippen molar-refractivity contribution in [2.75, 3.05) is 6.61 Å². The summed E-state index contributed by atoms with van der Waals surface area (Å²) in [5, 5.41) is 0. The number of rotatable bonds is 10. The maximum Gasteiger partial charge on any atom is 0.131 e. The summed E-state index contributed by atoms with van der Waals surface area (Å²) < 4.78 is 34.2. The van der Waals surface area contributed by atoms with Gasteiger partial charge in [0.2, 0.25) is 0 Å². The number of benzene rings is 1. The van der Waals surface area contributed by atoms with E-state index in [2.05, 4.69) is 13.5 Å². The number of hydrogen-bond acceptors (Lipinski definition) is 1. The van der Waals surface area contributed by atoms with Crippen LogP contribution in [0.1, 0.15) is 101 Å². The largest absolute Gasteiger partial charge is 0.373 e. The van der Waals surface area contributed by atoms with Gasteiger partial charge in [-0.2, -0.15) is 0 Å². The third-order valence-electron chi connectivity index (χ3n) is 7.66. The van der Waals surface area contributed by atoms with Crippen molar-refractivity contribution in [3.63, 3.8) is 0 Å². The Labute approximate surface area is 182 Å². The predicted octanol–water partition coefficient (Wildman–Crippen LogP) is 8.33. The van der Waals surface area contributed by atoms with Crippen LogP contribution in [0.5, 0.6) is 0 Å². The zero-order valence-corrected chi connectivity index (χ0v) is 18.8. The Hall–Kier alpha value is -1.22. The van der Waals surface area contributed by atoms with E-state index in [-0.39, 0.29) is 12.2 Å². The highest BCUT2D eigenvalue weighted by Crippen LogP contribution is 2.44. The molecule has 30 heavy (non-hydrogen) atoms. The lowest BCUT2D eigenvalue weighted by Crippen LogP contribution is -2.25. The molecule has 0 saturated heterocycles. The summed E-state index contributed by atoms with van der Waals surface area (Å²) in [7, 11) is 0. The first-order chi connectivity index (χ1) is 14.6. The first-order valence-corrected chi connectivity index (χ1v) is 12.3. The van der Waals surface area contributed by atoms with Crippen LogP contribution < -0.4 is 0 Å². The summed E-state index contributed by atoms with van der Waals surface area (Å²) in [6.45, 7) is 6.09. The van der Waals surface area contributed by atoms with E-state index in [4.69, 9.17) is 4.74 Å².